The van der Waals surface area contributed by atoms with Crippen LogP contribution in [-0.4, -0.2) is 28.2 Å². The van der Waals surface area contributed by atoms with E-state index in [1.165, 1.54) is 19.2 Å². The van der Waals surface area contributed by atoms with Gasteiger partial charge in [0.2, 0.25) is 10.0 Å². The second-order valence-electron chi connectivity index (χ2n) is 3.45. The number of nitrogens with one attached hydrogen (secondary N) is 1. The third-order valence-corrected chi connectivity index (χ3v) is 3.90. The Kier molecular flexibility index (Phi) is 4.88. The average Bonchev–Trinajstić information content (AvgIpc) is 2.29. The van der Waals surface area contributed by atoms with Crippen LogP contribution in [0, 0.1) is 5.82 Å². The summed E-state index contributed by atoms with van der Waals surface area (Å²) in [4.78, 5) is -0.465. The van der Waals surface area contributed by atoms with E-state index in [4.69, 9.17) is 16.3 Å². The summed E-state index contributed by atoms with van der Waals surface area (Å²) in [7, 11) is -2.45. The summed E-state index contributed by atoms with van der Waals surface area (Å²) >= 11 is 5.52. The second kappa shape index (κ2) is 5.77. The summed E-state index contributed by atoms with van der Waals surface area (Å²) in [5.41, 5.74) is 0. The summed E-state index contributed by atoms with van der Waals surface area (Å²) in [6.45, 7) is 1.75. The lowest BCUT2D eigenvalue weighted by Crippen LogP contribution is -2.32. The minimum absolute atomic E-state index is 0.0603. The van der Waals surface area contributed by atoms with E-state index in [0.29, 0.717) is 0 Å². The summed E-state index contributed by atoms with van der Waals surface area (Å²) in [6, 6.07) is 3.81. The van der Waals surface area contributed by atoms with Gasteiger partial charge in [0.15, 0.2) is 5.82 Å². The van der Waals surface area contributed by atoms with Gasteiger partial charge in [-0.2, -0.15) is 0 Å². The highest BCUT2D eigenvalue weighted by atomic mass is 35.5. The molecular weight excluding hydrogens is 269 g/mol. The van der Waals surface area contributed by atoms with Crippen LogP contribution >= 0.6 is 11.6 Å². The molecule has 0 saturated carbocycles. The molecule has 0 fully saturated rings. The fourth-order valence-electron chi connectivity index (χ4n) is 1.08. The van der Waals surface area contributed by atoms with E-state index in [-0.39, 0.29) is 17.7 Å². The number of hydrogen-bond acceptors (Lipinski definition) is 3. The molecule has 96 valence electrons. The van der Waals surface area contributed by atoms with E-state index in [2.05, 4.69) is 4.72 Å². The molecular formula is C10H13ClFNO3S. The number of ether oxygens (including phenoxy) is 1. The highest BCUT2D eigenvalue weighted by molar-refractivity contribution is 7.89. The minimum Gasteiger partial charge on any atom is -0.380 e. The van der Waals surface area contributed by atoms with Gasteiger partial charge in [-0.25, -0.2) is 17.5 Å². The van der Waals surface area contributed by atoms with Crippen molar-refractivity contribution in [2.75, 3.05) is 13.7 Å². The lowest BCUT2D eigenvalue weighted by molar-refractivity contribution is 0.122. The van der Waals surface area contributed by atoms with E-state index in [9.17, 15) is 12.8 Å². The molecule has 0 aromatic heterocycles. The van der Waals surface area contributed by atoms with Crippen molar-refractivity contribution in [2.45, 2.75) is 17.9 Å². The zero-order chi connectivity index (χ0) is 13.1. The molecule has 0 saturated heterocycles. The van der Waals surface area contributed by atoms with E-state index >= 15 is 0 Å². The Bertz CT molecular complexity index is 492. The van der Waals surface area contributed by atoms with Crippen LogP contribution in [0.15, 0.2) is 23.1 Å². The molecule has 1 N–H and O–H groups in total. The Morgan fingerprint density at radius 1 is 1.53 bits per heavy atom. The lowest BCUT2D eigenvalue weighted by Gasteiger charge is -2.12. The van der Waals surface area contributed by atoms with Crippen molar-refractivity contribution in [3.8, 4) is 0 Å². The van der Waals surface area contributed by atoms with Gasteiger partial charge < -0.3 is 4.74 Å². The third-order valence-electron chi connectivity index (χ3n) is 2.17. The molecule has 1 aromatic rings. The normalized spacial score (nSPS) is 13.6. The molecule has 7 heteroatoms. The van der Waals surface area contributed by atoms with Gasteiger partial charge in [0.25, 0.3) is 0 Å². The van der Waals surface area contributed by atoms with Crippen molar-refractivity contribution in [1.82, 2.24) is 4.72 Å². The first-order valence-electron chi connectivity index (χ1n) is 4.85. The van der Waals surface area contributed by atoms with Crippen molar-refractivity contribution in [1.29, 1.82) is 0 Å². The predicted octanol–water partition coefficient (Wildman–Crippen LogP) is 1.79. The topological polar surface area (TPSA) is 55.4 Å². The quantitative estimate of drug-likeness (QED) is 0.895. The van der Waals surface area contributed by atoms with Gasteiger partial charge in [-0.3, -0.25) is 0 Å². The molecule has 1 aromatic carbocycles. The molecule has 0 amide bonds. The number of benzene rings is 1. The van der Waals surface area contributed by atoms with Crippen molar-refractivity contribution in [2.24, 2.45) is 0 Å². The summed E-state index contributed by atoms with van der Waals surface area (Å²) in [5.74, 6) is -0.952. The first-order chi connectivity index (χ1) is 7.88. The number of hydrogen-bond donors (Lipinski definition) is 1. The van der Waals surface area contributed by atoms with Crippen LogP contribution in [0.25, 0.3) is 0 Å². The number of methoxy groups -OCH3 is 1. The molecule has 0 aliphatic heterocycles. The first-order valence-corrected chi connectivity index (χ1v) is 6.71. The van der Waals surface area contributed by atoms with E-state index in [1.807, 2.05) is 0 Å². The van der Waals surface area contributed by atoms with E-state index < -0.39 is 20.7 Å². The molecule has 1 unspecified atom stereocenters. The Labute approximate surface area is 105 Å². The largest absolute Gasteiger partial charge is 0.380 e. The van der Waals surface area contributed by atoms with Crippen molar-refractivity contribution < 1.29 is 17.5 Å². The van der Waals surface area contributed by atoms with Crippen molar-refractivity contribution in [3.05, 3.63) is 29.0 Å². The van der Waals surface area contributed by atoms with Gasteiger partial charge in [0.05, 0.1) is 11.1 Å². The van der Waals surface area contributed by atoms with Crippen LogP contribution in [0.2, 0.25) is 5.02 Å². The van der Waals surface area contributed by atoms with Gasteiger partial charge >= 0.3 is 0 Å². The lowest BCUT2D eigenvalue weighted by atomic mass is 10.3. The molecule has 1 rings (SSSR count). The maximum atomic E-state index is 13.5. The Morgan fingerprint density at radius 3 is 2.76 bits per heavy atom. The molecule has 0 spiro atoms. The maximum absolute atomic E-state index is 13.5. The molecule has 0 bridgehead atoms. The van der Waals surface area contributed by atoms with Gasteiger partial charge in [-0.05, 0) is 19.1 Å². The summed E-state index contributed by atoms with van der Waals surface area (Å²) in [6.07, 6.45) is -0.299. The Balaban J connectivity index is 2.94. The monoisotopic (exact) mass is 281 g/mol. The Hall–Kier alpha value is -0.690. The number of halogens is 2. The summed E-state index contributed by atoms with van der Waals surface area (Å²) in [5, 5.41) is -0.229. The molecule has 0 aliphatic carbocycles. The van der Waals surface area contributed by atoms with Crippen LogP contribution in [0.5, 0.6) is 0 Å². The SMILES string of the molecule is COC(C)CNS(=O)(=O)c1cccc(Cl)c1F. The second-order valence-corrected chi connectivity index (χ2v) is 5.59. The number of rotatable bonds is 5. The summed E-state index contributed by atoms with van der Waals surface area (Å²) < 4.78 is 44.2. The smallest absolute Gasteiger partial charge is 0.243 e. The number of sulfonamides is 1. The van der Waals surface area contributed by atoms with Crippen molar-refractivity contribution >= 4 is 21.6 Å². The highest BCUT2D eigenvalue weighted by Crippen LogP contribution is 2.21. The zero-order valence-electron chi connectivity index (χ0n) is 9.41. The molecule has 0 heterocycles. The zero-order valence-corrected chi connectivity index (χ0v) is 11.0. The van der Waals surface area contributed by atoms with Gasteiger partial charge in [-0.15, -0.1) is 0 Å². The van der Waals surface area contributed by atoms with Crippen LogP contribution in [0.1, 0.15) is 6.92 Å². The molecule has 1 atom stereocenters. The van der Waals surface area contributed by atoms with E-state index in [0.717, 1.165) is 6.07 Å². The Morgan fingerprint density at radius 2 is 2.18 bits per heavy atom. The minimum atomic E-state index is -3.91. The molecule has 0 aliphatic rings. The van der Waals surface area contributed by atoms with Gasteiger partial charge in [0.1, 0.15) is 4.90 Å². The fraction of sp³-hybridized carbons (Fsp3) is 0.400. The van der Waals surface area contributed by atoms with Crippen LogP contribution in [0.4, 0.5) is 4.39 Å². The maximum Gasteiger partial charge on any atom is 0.243 e. The van der Waals surface area contributed by atoms with Gasteiger partial charge in [-0.1, -0.05) is 17.7 Å². The fourth-order valence-corrected chi connectivity index (χ4v) is 2.52. The highest BCUT2D eigenvalue weighted by Gasteiger charge is 2.20. The molecule has 0 radical (unpaired) electrons. The van der Waals surface area contributed by atoms with Crippen LogP contribution in [0.3, 0.4) is 0 Å². The van der Waals surface area contributed by atoms with Gasteiger partial charge in [0, 0.05) is 13.7 Å². The first kappa shape index (κ1) is 14.4. The predicted molar refractivity (Wildman–Crippen MR) is 63.1 cm³/mol. The van der Waals surface area contributed by atoms with Crippen LogP contribution in [-0.2, 0) is 14.8 Å². The van der Waals surface area contributed by atoms with E-state index in [1.54, 1.807) is 6.92 Å². The van der Waals surface area contributed by atoms with Crippen LogP contribution < -0.4 is 4.72 Å². The van der Waals surface area contributed by atoms with Crippen molar-refractivity contribution in [3.63, 3.8) is 0 Å². The molecule has 17 heavy (non-hydrogen) atoms. The standard InChI is InChI=1S/C10H13ClFNO3S/c1-7(16-2)6-13-17(14,15)9-5-3-4-8(11)10(9)12/h3-5,7,13H,6H2,1-2H3. The molecule has 4 nitrogen and oxygen atoms in total. The third kappa shape index (κ3) is 3.64. The average molecular weight is 282 g/mol.